The van der Waals surface area contributed by atoms with Gasteiger partial charge in [0.1, 0.15) is 0 Å². The maximum atomic E-state index is 12.3. The third kappa shape index (κ3) is 4.20. The molecule has 0 aromatic heterocycles. The van der Waals surface area contributed by atoms with Crippen LogP contribution in [0.2, 0.25) is 0 Å². The fourth-order valence-corrected chi connectivity index (χ4v) is 1.70. The Kier molecular flexibility index (Phi) is 4.11. The van der Waals surface area contributed by atoms with E-state index in [9.17, 15) is 23.4 Å². The number of ether oxygens (including phenoxy) is 1. The average molecular weight is 299 g/mol. The van der Waals surface area contributed by atoms with Gasteiger partial charge in [-0.3, -0.25) is 0 Å². The lowest BCUT2D eigenvalue weighted by atomic mass is 10.2. The number of alkyl halides is 3. The minimum atomic E-state index is -4.77. The van der Waals surface area contributed by atoms with Crippen LogP contribution in [0.1, 0.15) is 5.56 Å². The minimum Gasteiger partial charge on any atom is -0.504 e. The molecule has 0 aliphatic rings. The average Bonchev–Trinajstić information content (AvgIpc) is 2.40. The Morgan fingerprint density at radius 1 is 1.00 bits per heavy atom. The summed E-state index contributed by atoms with van der Waals surface area (Å²) in [5, 5.41) is 21.3. The molecule has 0 aliphatic carbocycles. The predicted octanol–water partition coefficient (Wildman–Crippen LogP) is 3.61. The van der Waals surface area contributed by atoms with Crippen LogP contribution >= 0.6 is 0 Å². The predicted molar refractivity (Wildman–Crippen MR) is 70.2 cm³/mol. The van der Waals surface area contributed by atoms with Crippen molar-refractivity contribution in [2.45, 2.75) is 12.9 Å². The number of phenolic OH excluding ortho intramolecular Hbond substituents is 2. The topological polar surface area (TPSA) is 61.7 Å². The molecule has 4 nitrogen and oxygen atoms in total. The second kappa shape index (κ2) is 5.82. The van der Waals surface area contributed by atoms with Gasteiger partial charge in [-0.05, 0) is 29.8 Å². The van der Waals surface area contributed by atoms with Gasteiger partial charge in [-0.2, -0.15) is 0 Å². The van der Waals surface area contributed by atoms with Crippen molar-refractivity contribution in [3.63, 3.8) is 0 Å². The monoisotopic (exact) mass is 299 g/mol. The minimum absolute atomic E-state index is 0.159. The number of rotatable bonds is 4. The summed E-state index contributed by atoms with van der Waals surface area (Å²) in [6, 6.07) is 9.79. The molecule has 0 heterocycles. The SMILES string of the molecule is Oc1ccc(CNc2ccccc2OC(F)(F)F)cc1O. The van der Waals surface area contributed by atoms with Crippen LogP contribution in [-0.4, -0.2) is 16.6 Å². The fourth-order valence-electron chi connectivity index (χ4n) is 1.70. The number of phenols is 2. The van der Waals surface area contributed by atoms with Crippen molar-refractivity contribution in [2.75, 3.05) is 5.32 Å². The van der Waals surface area contributed by atoms with Crippen LogP contribution in [0.4, 0.5) is 18.9 Å². The normalized spacial score (nSPS) is 11.2. The Balaban J connectivity index is 2.11. The maximum absolute atomic E-state index is 12.3. The van der Waals surface area contributed by atoms with E-state index < -0.39 is 6.36 Å². The second-order valence-electron chi connectivity index (χ2n) is 4.22. The Bertz CT molecular complexity index is 629. The van der Waals surface area contributed by atoms with Gasteiger partial charge in [-0.15, -0.1) is 13.2 Å². The zero-order valence-corrected chi connectivity index (χ0v) is 10.7. The summed E-state index contributed by atoms with van der Waals surface area (Å²) in [6.45, 7) is 0.159. The number of hydrogen-bond donors (Lipinski definition) is 3. The van der Waals surface area contributed by atoms with Crippen molar-refractivity contribution >= 4 is 5.69 Å². The lowest BCUT2D eigenvalue weighted by Crippen LogP contribution is -2.18. The molecule has 3 N–H and O–H groups in total. The molecule has 0 saturated heterocycles. The zero-order valence-electron chi connectivity index (χ0n) is 10.7. The highest BCUT2D eigenvalue weighted by Crippen LogP contribution is 2.31. The maximum Gasteiger partial charge on any atom is 0.573 e. The van der Waals surface area contributed by atoms with Crippen molar-refractivity contribution < 1.29 is 28.1 Å². The summed E-state index contributed by atoms with van der Waals surface area (Å²) in [4.78, 5) is 0. The summed E-state index contributed by atoms with van der Waals surface area (Å²) in [5.74, 6) is -0.901. The van der Waals surface area contributed by atoms with E-state index in [-0.39, 0.29) is 29.5 Å². The molecule has 0 amide bonds. The van der Waals surface area contributed by atoms with Crippen LogP contribution in [0, 0.1) is 0 Å². The van der Waals surface area contributed by atoms with Crippen LogP contribution in [0.15, 0.2) is 42.5 Å². The number of nitrogens with one attached hydrogen (secondary N) is 1. The molecule has 0 spiro atoms. The van der Waals surface area contributed by atoms with Crippen molar-refractivity contribution in [1.29, 1.82) is 0 Å². The van der Waals surface area contributed by atoms with Crippen LogP contribution in [0.5, 0.6) is 17.2 Å². The molecule has 2 aromatic carbocycles. The third-order valence-electron chi connectivity index (χ3n) is 2.64. The molecule has 0 saturated carbocycles. The van der Waals surface area contributed by atoms with Gasteiger partial charge < -0.3 is 20.3 Å². The van der Waals surface area contributed by atoms with Crippen molar-refractivity contribution in [1.82, 2.24) is 0 Å². The lowest BCUT2D eigenvalue weighted by molar-refractivity contribution is -0.274. The number of hydrogen-bond acceptors (Lipinski definition) is 4. The standard InChI is InChI=1S/C14H12F3NO3/c15-14(16,17)21-13-4-2-1-3-10(13)18-8-9-5-6-11(19)12(20)7-9/h1-7,18-20H,8H2. The van der Waals surface area contributed by atoms with Crippen molar-refractivity contribution in [3.05, 3.63) is 48.0 Å². The summed E-state index contributed by atoms with van der Waals surface area (Å²) in [7, 11) is 0. The Morgan fingerprint density at radius 3 is 2.38 bits per heavy atom. The van der Waals surface area contributed by atoms with E-state index >= 15 is 0 Å². The van der Waals surface area contributed by atoms with Gasteiger partial charge in [-0.25, -0.2) is 0 Å². The van der Waals surface area contributed by atoms with Crippen LogP contribution < -0.4 is 10.1 Å². The molecule has 0 unspecified atom stereocenters. The van der Waals surface area contributed by atoms with E-state index in [1.165, 1.54) is 36.4 Å². The highest BCUT2D eigenvalue weighted by atomic mass is 19.4. The molecule has 2 aromatic rings. The Labute approximate surface area is 118 Å². The van der Waals surface area contributed by atoms with Crippen molar-refractivity contribution in [2.24, 2.45) is 0 Å². The number of halogens is 3. The van der Waals surface area contributed by atoms with Crippen LogP contribution in [0.3, 0.4) is 0 Å². The molecule has 2 rings (SSSR count). The largest absolute Gasteiger partial charge is 0.573 e. The summed E-state index contributed by atoms with van der Waals surface area (Å²) >= 11 is 0. The third-order valence-corrected chi connectivity index (χ3v) is 2.64. The fraction of sp³-hybridized carbons (Fsp3) is 0.143. The molecular formula is C14H12F3NO3. The second-order valence-corrected chi connectivity index (χ2v) is 4.22. The van der Waals surface area contributed by atoms with Gasteiger partial charge in [0.15, 0.2) is 17.2 Å². The molecule has 0 radical (unpaired) electrons. The lowest BCUT2D eigenvalue weighted by Gasteiger charge is -2.14. The van der Waals surface area contributed by atoms with Gasteiger partial charge in [0, 0.05) is 6.54 Å². The highest BCUT2D eigenvalue weighted by molar-refractivity contribution is 5.56. The van der Waals surface area contributed by atoms with E-state index in [1.54, 1.807) is 6.07 Å². The number of para-hydroxylation sites is 2. The first-order valence-corrected chi connectivity index (χ1v) is 5.94. The highest BCUT2D eigenvalue weighted by Gasteiger charge is 2.32. The van der Waals surface area contributed by atoms with E-state index in [2.05, 4.69) is 10.1 Å². The summed E-state index contributed by atoms with van der Waals surface area (Å²) in [5.41, 5.74) is 0.759. The quantitative estimate of drug-likeness (QED) is 0.755. The first-order chi connectivity index (χ1) is 9.85. The molecule has 0 atom stereocenters. The van der Waals surface area contributed by atoms with E-state index in [1.807, 2.05) is 0 Å². The van der Waals surface area contributed by atoms with Gasteiger partial charge in [-0.1, -0.05) is 18.2 Å². The molecular weight excluding hydrogens is 287 g/mol. The summed E-state index contributed by atoms with van der Waals surface area (Å²) < 4.78 is 40.7. The smallest absolute Gasteiger partial charge is 0.504 e. The van der Waals surface area contributed by atoms with E-state index in [0.29, 0.717) is 5.56 Å². The zero-order chi connectivity index (χ0) is 15.5. The molecule has 112 valence electrons. The van der Waals surface area contributed by atoms with E-state index in [4.69, 9.17) is 0 Å². The van der Waals surface area contributed by atoms with E-state index in [0.717, 1.165) is 0 Å². The first kappa shape index (κ1) is 14.8. The molecule has 0 aliphatic heterocycles. The van der Waals surface area contributed by atoms with Gasteiger partial charge in [0.05, 0.1) is 5.69 Å². The van der Waals surface area contributed by atoms with Crippen LogP contribution in [0.25, 0.3) is 0 Å². The van der Waals surface area contributed by atoms with Gasteiger partial charge in [0.2, 0.25) is 0 Å². The molecule has 21 heavy (non-hydrogen) atoms. The Hall–Kier alpha value is -2.57. The van der Waals surface area contributed by atoms with Crippen molar-refractivity contribution in [3.8, 4) is 17.2 Å². The Morgan fingerprint density at radius 2 is 1.71 bits per heavy atom. The number of aromatic hydroxyl groups is 2. The van der Waals surface area contributed by atoms with Crippen LogP contribution in [-0.2, 0) is 6.54 Å². The summed E-state index contributed by atoms with van der Waals surface area (Å²) in [6.07, 6.45) is -4.77. The van der Waals surface area contributed by atoms with Gasteiger partial charge in [0.25, 0.3) is 0 Å². The van der Waals surface area contributed by atoms with Gasteiger partial charge >= 0.3 is 6.36 Å². The molecule has 0 bridgehead atoms. The molecule has 0 fully saturated rings. The molecule has 7 heteroatoms. The first-order valence-electron chi connectivity index (χ1n) is 5.94. The number of anilines is 1. The number of benzene rings is 2.